The second kappa shape index (κ2) is 10.7. The van der Waals surface area contributed by atoms with E-state index in [-0.39, 0.29) is 0 Å². The fraction of sp³-hybridized carbons (Fsp3) is 0.286. The van der Waals surface area contributed by atoms with Gasteiger partial charge in [0.25, 0.3) is 0 Å². The number of nitroso groups, excluding NO2 is 1. The van der Waals surface area contributed by atoms with Crippen LogP contribution in [0.2, 0.25) is 0 Å². The van der Waals surface area contributed by atoms with Crippen molar-refractivity contribution in [3.63, 3.8) is 0 Å². The van der Waals surface area contributed by atoms with Crippen molar-refractivity contribution in [2.75, 3.05) is 0 Å². The van der Waals surface area contributed by atoms with Gasteiger partial charge in [-0.15, -0.1) is 4.91 Å². The highest BCUT2D eigenvalue weighted by molar-refractivity contribution is 5.82. The van der Waals surface area contributed by atoms with Crippen molar-refractivity contribution >= 4 is 11.3 Å². The Morgan fingerprint density at radius 1 is 0.710 bits per heavy atom. The molecule has 0 bridgehead atoms. The fourth-order valence-corrected chi connectivity index (χ4v) is 4.30. The summed E-state index contributed by atoms with van der Waals surface area (Å²) in [5.74, 6) is 0.870. The standard InChI is InChI=1S/C28H29NO2/c30-29-26-17-13-24(14-18-26)28(23-11-7-2-1-3-8-12-23)25-15-19-27(20-16-25)31-21-22-9-5-4-6-10-22/h4-6,9-10,13-20H,1-3,7-8,11-12,21H2. The van der Waals surface area contributed by atoms with Crippen molar-refractivity contribution in [2.45, 2.75) is 51.6 Å². The molecular formula is C28H29NO2. The van der Waals surface area contributed by atoms with Gasteiger partial charge >= 0.3 is 0 Å². The van der Waals surface area contributed by atoms with Gasteiger partial charge in [0.1, 0.15) is 18.0 Å². The van der Waals surface area contributed by atoms with E-state index in [2.05, 4.69) is 41.6 Å². The van der Waals surface area contributed by atoms with E-state index in [1.54, 1.807) is 0 Å². The van der Waals surface area contributed by atoms with Crippen LogP contribution in [0.25, 0.3) is 5.57 Å². The van der Waals surface area contributed by atoms with E-state index in [1.165, 1.54) is 48.8 Å². The molecule has 0 amide bonds. The summed E-state index contributed by atoms with van der Waals surface area (Å²) in [6.07, 6.45) is 8.70. The molecule has 1 fully saturated rings. The Labute approximate surface area is 184 Å². The number of ether oxygens (including phenoxy) is 1. The summed E-state index contributed by atoms with van der Waals surface area (Å²) in [5, 5.41) is 3.06. The minimum Gasteiger partial charge on any atom is -0.489 e. The molecule has 0 saturated heterocycles. The second-order valence-corrected chi connectivity index (χ2v) is 8.18. The zero-order chi connectivity index (χ0) is 21.3. The van der Waals surface area contributed by atoms with E-state index in [4.69, 9.17) is 4.74 Å². The van der Waals surface area contributed by atoms with Crippen molar-refractivity contribution in [3.8, 4) is 5.75 Å². The minimum absolute atomic E-state index is 0.468. The number of rotatable bonds is 6. The van der Waals surface area contributed by atoms with Crippen molar-refractivity contribution in [2.24, 2.45) is 5.18 Å². The van der Waals surface area contributed by atoms with Gasteiger partial charge < -0.3 is 4.74 Å². The molecule has 0 aromatic heterocycles. The summed E-state index contributed by atoms with van der Waals surface area (Å²) in [6.45, 7) is 0.564. The monoisotopic (exact) mass is 411 g/mol. The number of allylic oxidation sites excluding steroid dienone is 1. The lowest BCUT2D eigenvalue weighted by atomic mass is 9.86. The van der Waals surface area contributed by atoms with Gasteiger partial charge in [-0.05, 0) is 77.4 Å². The van der Waals surface area contributed by atoms with Crippen LogP contribution in [-0.4, -0.2) is 0 Å². The molecule has 0 aliphatic heterocycles. The number of nitrogens with zero attached hydrogens (tertiary/aromatic N) is 1. The SMILES string of the molecule is O=Nc1ccc(C(=C2CCCCCCC2)c2ccc(OCc3ccccc3)cc2)cc1. The molecule has 0 heterocycles. The average Bonchev–Trinajstić information content (AvgIpc) is 2.81. The van der Waals surface area contributed by atoms with E-state index in [1.807, 2.05) is 42.5 Å². The molecule has 0 N–H and O–H groups in total. The number of benzene rings is 3. The molecule has 158 valence electrons. The zero-order valence-corrected chi connectivity index (χ0v) is 17.9. The molecule has 0 unspecified atom stereocenters. The third-order valence-corrected chi connectivity index (χ3v) is 5.96. The quantitative estimate of drug-likeness (QED) is 0.383. The van der Waals surface area contributed by atoms with Crippen LogP contribution in [0.5, 0.6) is 5.75 Å². The first-order chi connectivity index (χ1) is 15.3. The highest BCUT2D eigenvalue weighted by Gasteiger charge is 2.14. The molecule has 3 aromatic rings. The van der Waals surface area contributed by atoms with Crippen LogP contribution in [0, 0.1) is 4.91 Å². The van der Waals surface area contributed by atoms with Gasteiger partial charge in [0.2, 0.25) is 0 Å². The Morgan fingerprint density at radius 2 is 1.29 bits per heavy atom. The van der Waals surface area contributed by atoms with Gasteiger partial charge in [-0.25, -0.2) is 0 Å². The lowest BCUT2D eigenvalue weighted by molar-refractivity contribution is 0.306. The highest BCUT2D eigenvalue weighted by Crippen LogP contribution is 2.35. The van der Waals surface area contributed by atoms with E-state index < -0.39 is 0 Å². The van der Waals surface area contributed by atoms with Crippen LogP contribution in [0.1, 0.15) is 61.6 Å². The molecule has 1 aliphatic carbocycles. The molecule has 3 nitrogen and oxygen atoms in total. The summed E-state index contributed by atoms with van der Waals surface area (Å²) in [6, 6.07) is 26.3. The third kappa shape index (κ3) is 5.69. The lowest BCUT2D eigenvalue weighted by Crippen LogP contribution is -1.99. The third-order valence-electron chi connectivity index (χ3n) is 5.96. The molecule has 4 rings (SSSR count). The zero-order valence-electron chi connectivity index (χ0n) is 17.9. The largest absolute Gasteiger partial charge is 0.489 e. The lowest BCUT2D eigenvalue weighted by Gasteiger charge is -2.19. The molecule has 0 atom stereocenters. The first kappa shape index (κ1) is 21.0. The molecule has 3 heteroatoms. The molecule has 1 saturated carbocycles. The van der Waals surface area contributed by atoms with E-state index in [9.17, 15) is 4.91 Å². The smallest absolute Gasteiger partial charge is 0.119 e. The van der Waals surface area contributed by atoms with Crippen LogP contribution in [-0.2, 0) is 6.61 Å². The summed E-state index contributed by atoms with van der Waals surface area (Å²) < 4.78 is 5.98. The topological polar surface area (TPSA) is 38.7 Å². The first-order valence-electron chi connectivity index (χ1n) is 11.3. The molecule has 1 aliphatic rings. The maximum Gasteiger partial charge on any atom is 0.119 e. The second-order valence-electron chi connectivity index (χ2n) is 8.18. The Hall–Kier alpha value is -3.20. The Kier molecular flexibility index (Phi) is 7.28. The van der Waals surface area contributed by atoms with Gasteiger partial charge in [0, 0.05) is 0 Å². The van der Waals surface area contributed by atoms with E-state index >= 15 is 0 Å². The minimum atomic E-state index is 0.468. The number of hydrogen-bond donors (Lipinski definition) is 0. The van der Waals surface area contributed by atoms with Crippen molar-refractivity contribution < 1.29 is 4.74 Å². The predicted octanol–water partition coefficient (Wildman–Crippen LogP) is 8.21. The van der Waals surface area contributed by atoms with Crippen LogP contribution < -0.4 is 4.74 Å². The normalized spacial score (nSPS) is 14.4. The summed E-state index contributed by atoms with van der Waals surface area (Å²) >= 11 is 0. The van der Waals surface area contributed by atoms with Gasteiger partial charge in [-0.1, -0.05) is 79.4 Å². The van der Waals surface area contributed by atoms with Gasteiger partial charge in [0.15, 0.2) is 0 Å². The molecule has 0 spiro atoms. The first-order valence-corrected chi connectivity index (χ1v) is 11.3. The van der Waals surface area contributed by atoms with E-state index in [0.29, 0.717) is 12.3 Å². The Morgan fingerprint density at radius 3 is 1.90 bits per heavy atom. The molecule has 0 radical (unpaired) electrons. The molecular weight excluding hydrogens is 382 g/mol. The summed E-state index contributed by atoms with van der Waals surface area (Å²) in [4.78, 5) is 10.9. The van der Waals surface area contributed by atoms with Crippen molar-refractivity contribution in [1.29, 1.82) is 0 Å². The average molecular weight is 412 g/mol. The van der Waals surface area contributed by atoms with Crippen LogP contribution in [0.3, 0.4) is 0 Å². The van der Waals surface area contributed by atoms with Crippen molar-refractivity contribution in [1.82, 2.24) is 0 Å². The van der Waals surface area contributed by atoms with Gasteiger partial charge in [-0.2, -0.15) is 0 Å². The highest BCUT2D eigenvalue weighted by atomic mass is 16.5. The fourth-order valence-electron chi connectivity index (χ4n) is 4.30. The van der Waals surface area contributed by atoms with Gasteiger partial charge in [0.05, 0.1) is 0 Å². The summed E-state index contributed by atoms with van der Waals surface area (Å²) in [5.41, 5.74) is 6.80. The predicted molar refractivity (Wildman–Crippen MR) is 127 cm³/mol. The summed E-state index contributed by atoms with van der Waals surface area (Å²) in [7, 11) is 0. The van der Waals surface area contributed by atoms with Gasteiger partial charge in [-0.3, -0.25) is 0 Å². The Balaban J connectivity index is 1.61. The molecule has 31 heavy (non-hydrogen) atoms. The van der Waals surface area contributed by atoms with E-state index in [0.717, 1.165) is 29.7 Å². The van der Waals surface area contributed by atoms with Crippen molar-refractivity contribution in [3.05, 3.63) is 106 Å². The maximum atomic E-state index is 10.9. The Bertz CT molecular complexity index is 995. The van der Waals surface area contributed by atoms with Crippen LogP contribution in [0.4, 0.5) is 5.69 Å². The number of hydrogen-bond acceptors (Lipinski definition) is 3. The maximum absolute atomic E-state index is 10.9. The molecule has 3 aromatic carbocycles. The van der Waals surface area contributed by atoms with Crippen LogP contribution >= 0.6 is 0 Å². The van der Waals surface area contributed by atoms with Crippen LogP contribution in [0.15, 0.2) is 89.6 Å².